The summed E-state index contributed by atoms with van der Waals surface area (Å²) in [6, 6.07) is 4.47. The van der Waals surface area contributed by atoms with Crippen LogP contribution in [-0.4, -0.2) is 20.8 Å². The third-order valence-electron chi connectivity index (χ3n) is 3.48. The van der Waals surface area contributed by atoms with Crippen molar-refractivity contribution in [2.45, 2.75) is 38.1 Å². The Kier molecular flexibility index (Phi) is 3.73. The highest BCUT2D eigenvalue weighted by Gasteiger charge is 2.13. The molecule has 0 atom stereocenters. The second-order valence-corrected chi connectivity index (χ2v) is 5.93. The van der Waals surface area contributed by atoms with Gasteiger partial charge in [-0.1, -0.05) is 30.6 Å². The number of nitrogens with zero attached hydrogens (tertiary/aromatic N) is 4. The summed E-state index contributed by atoms with van der Waals surface area (Å²) in [6.07, 6.45) is 10.1. The molecule has 1 fully saturated rings. The maximum absolute atomic E-state index is 4.86. The molecule has 2 heterocycles. The Labute approximate surface area is 116 Å². The standard InChI is InChI=1S/C14H18N4S/c1-18-14(16-12-7-3-2-4-8-12)19-13(17-18)11-6-5-9-15-10-11/h5-6,9-10,12H,2-4,7-8H2,1H3/b16-14-. The van der Waals surface area contributed by atoms with Crippen molar-refractivity contribution in [3.63, 3.8) is 0 Å². The molecule has 19 heavy (non-hydrogen) atoms. The maximum Gasteiger partial charge on any atom is 0.203 e. The first kappa shape index (κ1) is 12.5. The summed E-state index contributed by atoms with van der Waals surface area (Å²) in [4.78, 5) is 10.0. The number of aryl methyl sites for hydroxylation is 1. The average molecular weight is 274 g/mol. The van der Waals surface area contributed by atoms with E-state index in [1.807, 2.05) is 30.1 Å². The molecule has 0 bridgehead atoms. The zero-order chi connectivity index (χ0) is 13.1. The lowest BCUT2D eigenvalue weighted by Gasteiger charge is -2.16. The topological polar surface area (TPSA) is 43.1 Å². The van der Waals surface area contributed by atoms with Gasteiger partial charge in [0.25, 0.3) is 0 Å². The number of pyridine rings is 1. The molecule has 0 amide bonds. The second kappa shape index (κ2) is 5.65. The molecule has 1 aliphatic rings. The highest BCUT2D eigenvalue weighted by Crippen LogP contribution is 2.21. The molecule has 5 heteroatoms. The summed E-state index contributed by atoms with van der Waals surface area (Å²) >= 11 is 1.65. The molecule has 0 saturated heterocycles. The largest absolute Gasteiger partial charge is 0.264 e. The average Bonchev–Trinajstić information content (AvgIpc) is 2.82. The zero-order valence-electron chi connectivity index (χ0n) is 11.1. The molecule has 0 spiro atoms. The van der Waals surface area contributed by atoms with Crippen LogP contribution in [0.2, 0.25) is 0 Å². The van der Waals surface area contributed by atoms with Gasteiger partial charge in [0.15, 0.2) is 0 Å². The third kappa shape index (κ3) is 2.92. The molecule has 1 aliphatic carbocycles. The molecule has 0 unspecified atom stereocenters. The molecule has 0 N–H and O–H groups in total. The Morgan fingerprint density at radius 2 is 2.16 bits per heavy atom. The summed E-state index contributed by atoms with van der Waals surface area (Å²) in [7, 11) is 1.97. The van der Waals surface area contributed by atoms with E-state index < -0.39 is 0 Å². The quantitative estimate of drug-likeness (QED) is 0.845. The van der Waals surface area contributed by atoms with Crippen LogP contribution in [0.25, 0.3) is 10.6 Å². The van der Waals surface area contributed by atoms with Gasteiger partial charge in [-0.3, -0.25) is 9.98 Å². The van der Waals surface area contributed by atoms with E-state index in [2.05, 4.69) is 10.1 Å². The fraction of sp³-hybridized carbons (Fsp3) is 0.500. The Morgan fingerprint density at radius 3 is 2.89 bits per heavy atom. The van der Waals surface area contributed by atoms with Crippen LogP contribution in [0, 0.1) is 0 Å². The molecule has 2 aromatic heterocycles. The van der Waals surface area contributed by atoms with Gasteiger partial charge in [-0.2, -0.15) is 5.10 Å². The molecule has 100 valence electrons. The van der Waals surface area contributed by atoms with Crippen molar-refractivity contribution in [2.75, 3.05) is 0 Å². The van der Waals surface area contributed by atoms with Crippen molar-refractivity contribution >= 4 is 11.3 Å². The maximum atomic E-state index is 4.86. The summed E-state index contributed by atoms with van der Waals surface area (Å²) in [5.41, 5.74) is 1.06. The van der Waals surface area contributed by atoms with E-state index >= 15 is 0 Å². The van der Waals surface area contributed by atoms with Crippen LogP contribution >= 0.6 is 11.3 Å². The fourth-order valence-corrected chi connectivity index (χ4v) is 3.38. The third-order valence-corrected chi connectivity index (χ3v) is 4.54. The smallest absolute Gasteiger partial charge is 0.203 e. The van der Waals surface area contributed by atoms with Crippen LogP contribution in [0.15, 0.2) is 29.5 Å². The first-order chi connectivity index (χ1) is 9.33. The van der Waals surface area contributed by atoms with E-state index in [9.17, 15) is 0 Å². The first-order valence-corrected chi connectivity index (χ1v) is 7.63. The van der Waals surface area contributed by atoms with Crippen LogP contribution in [0.4, 0.5) is 0 Å². The normalized spacial score (nSPS) is 17.8. The molecule has 1 saturated carbocycles. The van der Waals surface area contributed by atoms with Gasteiger partial charge in [0.05, 0.1) is 6.04 Å². The second-order valence-electron chi connectivity index (χ2n) is 4.98. The van der Waals surface area contributed by atoms with Gasteiger partial charge in [0.2, 0.25) is 4.80 Å². The van der Waals surface area contributed by atoms with Crippen LogP contribution < -0.4 is 4.80 Å². The van der Waals surface area contributed by atoms with Crippen LogP contribution in [0.1, 0.15) is 32.1 Å². The first-order valence-electron chi connectivity index (χ1n) is 6.81. The van der Waals surface area contributed by atoms with Crippen LogP contribution in [-0.2, 0) is 7.05 Å². The van der Waals surface area contributed by atoms with Crippen molar-refractivity contribution in [2.24, 2.45) is 12.0 Å². The molecule has 3 rings (SSSR count). The number of hydrogen-bond donors (Lipinski definition) is 0. The Bertz CT molecular complexity index is 593. The summed E-state index contributed by atoms with van der Waals surface area (Å²) < 4.78 is 1.89. The van der Waals surface area contributed by atoms with Crippen molar-refractivity contribution in [1.82, 2.24) is 14.8 Å². The Morgan fingerprint density at radius 1 is 1.32 bits per heavy atom. The van der Waals surface area contributed by atoms with Crippen molar-refractivity contribution in [3.05, 3.63) is 29.3 Å². The summed E-state index contributed by atoms with van der Waals surface area (Å²) in [6.45, 7) is 0. The van der Waals surface area contributed by atoms with Gasteiger partial charge in [-0.05, 0) is 25.0 Å². The molecule has 0 radical (unpaired) electrons. The predicted octanol–water partition coefficient (Wildman–Crippen LogP) is 2.78. The van der Waals surface area contributed by atoms with E-state index in [1.165, 1.54) is 32.1 Å². The van der Waals surface area contributed by atoms with Crippen LogP contribution in [0.3, 0.4) is 0 Å². The minimum Gasteiger partial charge on any atom is -0.264 e. The molecule has 0 aromatic carbocycles. The fourth-order valence-electron chi connectivity index (χ4n) is 2.43. The minimum absolute atomic E-state index is 0.488. The Hall–Kier alpha value is -1.49. The predicted molar refractivity (Wildman–Crippen MR) is 76.8 cm³/mol. The molecular formula is C14H18N4S. The van der Waals surface area contributed by atoms with Gasteiger partial charge >= 0.3 is 0 Å². The monoisotopic (exact) mass is 274 g/mol. The van der Waals surface area contributed by atoms with Gasteiger partial charge in [-0.25, -0.2) is 4.68 Å². The Balaban J connectivity index is 1.91. The van der Waals surface area contributed by atoms with Gasteiger partial charge < -0.3 is 0 Å². The van der Waals surface area contributed by atoms with E-state index in [4.69, 9.17) is 4.99 Å². The van der Waals surface area contributed by atoms with Gasteiger partial charge in [0.1, 0.15) is 5.01 Å². The van der Waals surface area contributed by atoms with Crippen molar-refractivity contribution in [1.29, 1.82) is 0 Å². The van der Waals surface area contributed by atoms with E-state index in [-0.39, 0.29) is 0 Å². The SMILES string of the molecule is Cn1nc(-c2cccnc2)s/c1=N\C1CCCCC1. The van der Waals surface area contributed by atoms with Crippen molar-refractivity contribution < 1.29 is 0 Å². The number of rotatable bonds is 2. The number of hydrogen-bond acceptors (Lipinski definition) is 4. The van der Waals surface area contributed by atoms with Crippen molar-refractivity contribution in [3.8, 4) is 10.6 Å². The number of aromatic nitrogens is 3. The van der Waals surface area contributed by atoms with Crippen LogP contribution in [0.5, 0.6) is 0 Å². The molecule has 0 aliphatic heterocycles. The molecule has 2 aromatic rings. The van der Waals surface area contributed by atoms with E-state index in [0.29, 0.717) is 6.04 Å². The molecule has 4 nitrogen and oxygen atoms in total. The molecular weight excluding hydrogens is 256 g/mol. The lowest BCUT2D eigenvalue weighted by molar-refractivity contribution is 0.434. The summed E-state index contributed by atoms with van der Waals surface area (Å²) in [5, 5.41) is 5.54. The lowest BCUT2D eigenvalue weighted by Crippen LogP contribution is -2.18. The van der Waals surface area contributed by atoms with Gasteiger partial charge in [0, 0.05) is 25.0 Å². The highest BCUT2D eigenvalue weighted by atomic mass is 32.1. The summed E-state index contributed by atoms with van der Waals surface area (Å²) in [5.74, 6) is 0. The van der Waals surface area contributed by atoms with E-state index in [1.54, 1.807) is 17.5 Å². The lowest BCUT2D eigenvalue weighted by atomic mass is 9.96. The van der Waals surface area contributed by atoms with E-state index in [0.717, 1.165) is 15.4 Å². The minimum atomic E-state index is 0.488. The van der Waals surface area contributed by atoms with Gasteiger partial charge in [-0.15, -0.1) is 0 Å². The highest BCUT2D eigenvalue weighted by molar-refractivity contribution is 7.12. The zero-order valence-corrected chi connectivity index (χ0v) is 11.9.